The van der Waals surface area contributed by atoms with Crippen molar-refractivity contribution in [2.45, 2.75) is 0 Å². The maximum Gasteiger partial charge on any atom is 0.164 e. The molecule has 0 saturated carbocycles. The molecule has 220 valence electrons. The molecule has 0 aliphatic heterocycles. The van der Waals surface area contributed by atoms with Gasteiger partial charge in [-0.1, -0.05) is 115 Å². The first-order valence-corrected chi connectivity index (χ1v) is 15.6. The fraction of sp³-hybridized carbons (Fsp3) is 0. The summed E-state index contributed by atoms with van der Waals surface area (Å²) in [7, 11) is 0. The summed E-state index contributed by atoms with van der Waals surface area (Å²) in [6.45, 7) is 0. The molecule has 0 bridgehead atoms. The molecule has 2 aromatic heterocycles. The van der Waals surface area contributed by atoms with Crippen molar-refractivity contribution in [3.05, 3.63) is 164 Å². The zero-order valence-electron chi connectivity index (χ0n) is 26.2. The first-order valence-electron chi connectivity index (χ1n) is 16.1. The molecule has 5 heteroatoms. The van der Waals surface area contributed by atoms with Gasteiger partial charge in [0, 0.05) is 27.9 Å². The molecule has 9 rings (SSSR count). The average Bonchev–Trinajstić information content (AvgIpc) is 3.54. The van der Waals surface area contributed by atoms with Crippen LogP contribution in [0.5, 0.6) is 0 Å². The van der Waals surface area contributed by atoms with E-state index in [1.807, 2.05) is 54.6 Å². The third-order valence-corrected chi connectivity index (χ3v) is 8.57. The van der Waals surface area contributed by atoms with Crippen molar-refractivity contribution in [2.24, 2.45) is 0 Å². The summed E-state index contributed by atoms with van der Waals surface area (Å²) < 4.78 is 10.1. The number of nitrogens with zero attached hydrogens (tertiary/aromatic N) is 5. The molecular weight excluding hydrogens is 574 g/mol. The van der Waals surface area contributed by atoms with Crippen LogP contribution in [0.1, 0.15) is 1.37 Å². The Morgan fingerprint density at radius 1 is 0.404 bits per heavy atom. The fourth-order valence-corrected chi connectivity index (χ4v) is 6.20. The predicted molar refractivity (Wildman–Crippen MR) is 191 cm³/mol. The topological polar surface area (TPSA) is 56.5 Å². The number of hydrogen-bond acceptors (Lipinski definition) is 4. The van der Waals surface area contributed by atoms with Gasteiger partial charge in [0.15, 0.2) is 17.5 Å². The minimum absolute atomic E-state index is 0.467. The van der Waals surface area contributed by atoms with Crippen LogP contribution in [0.4, 0.5) is 0 Å². The van der Waals surface area contributed by atoms with Crippen molar-refractivity contribution < 1.29 is 1.37 Å². The molecule has 0 aliphatic rings. The molecule has 47 heavy (non-hydrogen) atoms. The number of rotatable bonds is 5. The number of imidazole rings is 1. The maximum atomic E-state index is 7.95. The molecule has 0 fully saturated rings. The van der Waals surface area contributed by atoms with Crippen molar-refractivity contribution in [3.63, 3.8) is 0 Å². The Morgan fingerprint density at radius 3 is 1.53 bits per heavy atom. The third-order valence-electron chi connectivity index (χ3n) is 8.57. The standard InChI is InChI=1S/C42H27N5/c1-2-12-31(13-3-1)42-43-37-16-8-9-17-38(37)47(42)36-24-22-30(23-25-36)39-44-40(34-20-18-28-10-4-6-14-32(28)26-34)46-41(45-39)35-21-19-29-11-5-7-15-33(29)27-35/h1-27H/i1D. The van der Waals surface area contributed by atoms with Gasteiger partial charge in [-0.15, -0.1) is 0 Å². The lowest BCUT2D eigenvalue weighted by Crippen LogP contribution is -2.01. The second-order valence-electron chi connectivity index (χ2n) is 11.5. The van der Waals surface area contributed by atoms with E-state index in [0.29, 0.717) is 23.5 Å². The van der Waals surface area contributed by atoms with Gasteiger partial charge in [0.1, 0.15) is 5.82 Å². The van der Waals surface area contributed by atoms with Crippen LogP contribution in [0.2, 0.25) is 0 Å². The van der Waals surface area contributed by atoms with E-state index in [1.54, 1.807) is 12.1 Å². The van der Waals surface area contributed by atoms with E-state index < -0.39 is 0 Å². The van der Waals surface area contributed by atoms with E-state index in [-0.39, 0.29) is 0 Å². The molecule has 0 aliphatic carbocycles. The van der Waals surface area contributed by atoms with Crippen LogP contribution in [0.25, 0.3) is 83.8 Å². The maximum absolute atomic E-state index is 7.95. The summed E-state index contributed by atoms with van der Waals surface area (Å²) in [5, 5.41) is 4.61. The normalized spacial score (nSPS) is 11.7. The zero-order valence-corrected chi connectivity index (χ0v) is 25.2. The van der Waals surface area contributed by atoms with E-state index in [1.165, 1.54) is 10.8 Å². The zero-order chi connectivity index (χ0) is 32.0. The molecule has 9 aromatic rings. The Balaban J connectivity index is 1.18. The van der Waals surface area contributed by atoms with Gasteiger partial charge in [0.25, 0.3) is 0 Å². The van der Waals surface area contributed by atoms with Crippen molar-refractivity contribution in [3.8, 4) is 51.2 Å². The molecule has 7 aromatic carbocycles. The minimum atomic E-state index is 0.467. The van der Waals surface area contributed by atoms with E-state index in [0.717, 1.165) is 55.6 Å². The van der Waals surface area contributed by atoms with Gasteiger partial charge in [-0.2, -0.15) is 0 Å². The summed E-state index contributed by atoms with van der Waals surface area (Å²) in [6, 6.07) is 53.7. The van der Waals surface area contributed by atoms with E-state index in [9.17, 15) is 0 Å². The quantitative estimate of drug-likeness (QED) is 0.197. The van der Waals surface area contributed by atoms with Crippen LogP contribution in [-0.2, 0) is 0 Å². The lowest BCUT2D eigenvalue weighted by molar-refractivity contribution is 1.07. The third kappa shape index (κ3) is 4.91. The Labute approximate surface area is 272 Å². The Morgan fingerprint density at radius 2 is 0.915 bits per heavy atom. The molecule has 0 radical (unpaired) electrons. The summed E-state index contributed by atoms with van der Waals surface area (Å²) in [6.07, 6.45) is 0. The summed E-state index contributed by atoms with van der Waals surface area (Å²) >= 11 is 0. The van der Waals surface area contributed by atoms with Crippen molar-refractivity contribution >= 4 is 32.6 Å². The van der Waals surface area contributed by atoms with Crippen molar-refractivity contribution in [1.82, 2.24) is 24.5 Å². The number of aromatic nitrogens is 5. The van der Waals surface area contributed by atoms with Crippen LogP contribution >= 0.6 is 0 Å². The van der Waals surface area contributed by atoms with Crippen molar-refractivity contribution in [1.29, 1.82) is 0 Å². The number of benzene rings is 7. The molecule has 0 spiro atoms. The van der Waals surface area contributed by atoms with Crippen LogP contribution in [0.15, 0.2) is 164 Å². The molecule has 5 nitrogen and oxygen atoms in total. The minimum Gasteiger partial charge on any atom is -0.292 e. The van der Waals surface area contributed by atoms with Gasteiger partial charge in [-0.3, -0.25) is 4.57 Å². The highest BCUT2D eigenvalue weighted by atomic mass is 15.1. The second-order valence-corrected chi connectivity index (χ2v) is 11.5. The number of fused-ring (bicyclic) bond motifs is 3. The lowest BCUT2D eigenvalue weighted by Gasteiger charge is -2.12. The smallest absolute Gasteiger partial charge is 0.164 e. The molecule has 0 amide bonds. The molecule has 0 saturated heterocycles. The van der Waals surface area contributed by atoms with Crippen molar-refractivity contribution in [2.75, 3.05) is 0 Å². The molecule has 0 N–H and O–H groups in total. The Kier molecular flexibility index (Phi) is 6.13. The SMILES string of the molecule is [2H]c1ccc(-c2nc3ccccc3n2-c2ccc(-c3nc(-c4ccc5ccccc5c4)nc(-c4ccc5ccccc5c4)n3)cc2)cc1. The van der Waals surface area contributed by atoms with Crippen LogP contribution in [-0.4, -0.2) is 24.5 Å². The van der Waals surface area contributed by atoms with Gasteiger partial charge in [0.05, 0.1) is 12.4 Å². The van der Waals surface area contributed by atoms with E-state index in [4.69, 9.17) is 21.3 Å². The van der Waals surface area contributed by atoms with Crippen LogP contribution < -0.4 is 0 Å². The van der Waals surface area contributed by atoms with Gasteiger partial charge in [0.2, 0.25) is 0 Å². The summed E-state index contributed by atoms with van der Waals surface area (Å²) in [5.74, 6) is 2.67. The summed E-state index contributed by atoms with van der Waals surface area (Å²) in [4.78, 5) is 20.0. The van der Waals surface area contributed by atoms with Gasteiger partial charge < -0.3 is 0 Å². The highest BCUT2D eigenvalue weighted by Gasteiger charge is 2.16. The fourth-order valence-electron chi connectivity index (χ4n) is 6.20. The molecular formula is C42H27N5. The van der Waals surface area contributed by atoms with Crippen LogP contribution in [0.3, 0.4) is 0 Å². The summed E-state index contributed by atoms with van der Waals surface area (Å²) in [5.41, 5.74) is 6.58. The Hall–Kier alpha value is -6.46. The first-order chi connectivity index (χ1) is 23.7. The average molecular weight is 603 g/mol. The van der Waals surface area contributed by atoms with E-state index >= 15 is 0 Å². The Bertz CT molecular complexity index is 2530. The van der Waals surface area contributed by atoms with Gasteiger partial charge >= 0.3 is 0 Å². The number of hydrogen-bond donors (Lipinski definition) is 0. The largest absolute Gasteiger partial charge is 0.292 e. The second kappa shape index (κ2) is 11.2. The van der Waals surface area contributed by atoms with E-state index in [2.05, 4.69) is 95.6 Å². The lowest BCUT2D eigenvalue weighted by atomic mass is 10.1. The first kappa shape index (κ1) is 25.8. The van der Waals surface area contributed by atoms with Gasteiger partial charge in [-0.05, 0) is 70.1 Å². The predicted octanol–water partition coefficient (Wildman–Crippen LogP) is 10.2. The molecule has 0 atom stereocenters. The van der Waals surface area contributed by atoms with Crippen LogP contribution in [0, 0.1) is 0 Å². The van der Waals surface area contributed by atoms with Gasteiger partial charge in [-0.25, -0.2) is 19.9 Å². The molecule has 0 unspecified atom stereocenters. The highest BCUT2D eigenvalue weighted by molar-refractivity contribution is 5.88. The highest BCUT2D eigenvalue weighted by Crippen LogP contribution is 2.32. The monoisotopic (exact) mass is 602 g/mol. The number of para-hydroxylation sites is 2. The molecule has 2 heterocycles.